The molecule has 0 aliphatic heterocycles. The second-order valence-electron chi connectivity index (χ2n) is 7.96. The van der Waals surface area contributed by atoms with Gasteiger partial charge < -0.3 is 9.47 Å². The van der Waals surface area contributed by atoms with Crippen LogP contribution in [0, 0.1) is 0 Å². The van der Waals surface area contributed by atoms with E-state index in [1.54, 1.807) is 0 Å². The van der Waals surface area contributed by atoms with Crippen LogP contribution in [0.5, 0.6) is 0 Å². The summed E-state index contributed by atoms with van der Waals surface area (Å²) in [6.45, 7) is 5.51. The van der Waals surface area contributed by atoms with Crippen molar-refractivity contribution in [3.63, 3.8) is 0 Å². The summed E-state index contributed by atoms with van der Waals surface area (Å²) in [5.41, 5.74) is 0. The zero-order valence-electron chi connectivity index (χ0n) is 18.6. The molecule has 3 heteroatoms. The van der Waals surface area contributed by atoms with E-state index in [1.807, 2.05) is 0 Å². The van der Waals surface area contributed by atoms with Gasteiger partial charge in [0.05, 0.1) is 13.2 Å². The molecule has 0 N–H and O–H groups in total. The number of rotatable bonds is 21. The van der Waals surface area contributed by atoms with Gasteiger partial charge in [0.1, 0.15) is 0 Å². The SMILES string of the molecule is CCCCCCCCCCCCCCOC(=O)OCCCCCCCCC. The maximum Gasteiger partial charge on any atom is 0.508 e. The van der Waals surface area contributed by atoms with Gasteiger partial charge in [0, 0.05) is 0 Å². The molecule has 0 radical (unpaired) electrons. The van der Waals surface area contributed by atoms with Gasteiger partial charge in [0.15, 0.2) is 0 Å². The summed E-state index contributed by atoms with van der Waals surface area (Å²) in [5.74, 6) is 0. The van der Waals surface area contributed by atoms with E-state index in [9.17, 15) is 4.79 Å². The minimum absolute atomic E-state index is 0.482. The van der Waals surface area contributed by atoms with E-state index in [0.29, 0.717) is 13.2 Å². The summed E-state index contributed by atoms with van der Waals surface area (Å²) in [5, 5.41) is 0. The van der Waals surface area contributed by atoms with Gasteiger partial charge in [-0.1, -0.05) is 123 Å². The van der Waals surface area contributed by atoms with E-state index in [1.165, 1.54) is 96.3 Å². The highest BCUT2D eigenvalue weighted by molar-refractivity contribution is 5.59. The Kier molecular flexibility index (Phi) is 22.7. The highest BCUT2D eigenvalue weighted by Gasteiger charge is 2.03. The predicted molar refractivity (Wildman–Crippen MR) is 116 cm³/mol. The van der Waals surface area contributed by atoms with Crippen LogP contribution in [0.1, 0.15) is 136 Å². The molecule has 3 nitrogen and oxygen atoms in total. The van der Waals surface area contributed by atoms with Gasteiger partial charge in [0.25, 0.3) is 0 Å². The molecule has 0 saturated heterocycles. The van der Waals surface area contributed by atoms with E-state index in [-0.39, 0.29) is 0 Å². The zero-order chi connectivity index (χ0) is 19.8. The van der Waals surface area contributed by atoms with E-state index in [4.69, 9.17) is 9.47 Å². The molecule has 0 spiro atoms. The molecule has 0 aliphatic rings. The van der Waals surface area contributed by atoms with Gasteiger partial charge in [-0.3, -0.25) is 0 Å². The molecule has 0 aromatic rings. The zero-order valence-corrected chi connectivity index (χ0v) is 18.6. The molecule has 0 fully saturated rings. The van der Waals surface area contributed by atoms with Crippen molar-refractivity contribution in [1.82, 2.24) is 0 Å². The quantitative estimate of drug-likeness (QED) is 0.147. The number of carbonyl (C=O) groups excluding carboxylic acids is 1. The van der Waals surface area contributed by atoms with Gasteiger partial charge in [-0.25, -0.2) is 4.79 Å². The van der Waals surface area contributed by atoms with Crippen molar-refractivity contribution in [2.24, 2.45) is 0 Å². The molecule has 0 heterocycles. The summed E-state index contributed by atoms with van der Waals surface area (Å²) in [7, 11) is 0. The van der Waals surface area contributed by atoms with Crippen molar-refractivity contribution < 1.29 is 14.3 Å². The molecule has 0 amide bonds. The lowest BCUT2D eigenvalue weighted by molar-refractivity contribution is 0.0529. The van der Waals surface area contributed by atoms with E-state index in [2.05, 4.69) is 13.8 Å². The van der Waals surface area contributed by atoms with Crippen molar-refractivity contribution in [2.45, 2.75) is 136 Å². The summed E-state index contributed by atoms with van der Waals surface area (Å²) < 4.78 is 10.2. The highest BCUT2D eigenvalue weighted by Crippen LogP contribution is 2.12. The third kappa shape index (κ3) is 23.2. The average Bonchev–Trinajstić information content (AvgIpc) is 2.67. The first-order valence-corrected chi connectivity index (χ1v) is 12.1. The second kappa shape index (κ2) is 23.3. The summed E-state index contributed by atoms with van der Waals surface area (Å²) >= 11 is 0. The Balaban J connectivity index is 3.12. The fourth-order valence-corrected chi connectivity index (χ4v) is 3.35. The molecule has 162 valence electrons. The van der Waals surface area contributed by atoms with Crippen LogP contribution in [0.3, 0.4) is 0 Å². The first kappa shape index (κ1) is 26.3. The molecule has 0 unspecified atom stereocenters. The van der Waals surface area contributed by atoms with Crippen LogP contribution in [0.2, 0.25) is 0 Å². The van der Waals surface area contributed by atoms with Crippen molar-refractivity contribution >= 4 is 6.16 Å². The van der Waals surface area contributed by atoms with Gasteiger partial charge in [-0.2, -0.15) is 0 Å². The maximum atomic E-state index is 11.5. The largest absolute Gasteiger partial charge is 0.508 e. The van der Waals surface area contributed by atoms with Gasteiger partial charge in [-0.05, 0) is 12.8 Å². The van der Waals surface area contributed by atoms with Gasteiger partial charge in [-0.15, -0.1) is 0 Å². The first-order valence-electron chi connectivity index (χ1n) is 12.1. The lowest BCUT2D eigenvalue weighted by Gasteiger charge is -2.06. The molecule has 0 rings (SSSR count). The van der Waals surface area contributed by atoms with E-state index < -0.39 is 6.16 Å². The summed E-state index contributed by atoms with van der Waals surface area (Å²) in [6.07, 6.45) is 23.9. The van der Waals surface area contributed by atoms with Crippen LogP contribution < -0.4 is 0 Å². The summed E-state index contributed by atoms with van der Waals surface area (Å²) in [6, 6.07) is 0. The minimum atomic E-state index is -0.482. The predicted octanol–water partition coefficient (Wildman–Crippen LogP) is 8.59. The number of ether oxygens (including phenoxy) is 2. The normalized spacial score (nSPS) is 10.9. The third-order valence-corrected chi connectivity index (χ3v) is 5.19. The molecule has 0 saturated carbocycles. The van der Waals surface area contributed by atoms with Gasteiger partial charge >= 0.3 is 6.16 Å². The molecule has 0 atom stereocenters. The number of hydrogen-bond acceptors (Lipinski definition) is 3. The Bertz CT molecular complexity index is 291. The standard InChI is InChI=1S/C24H48O3/c1-3-5-7-9-11-12-13-14-15-17-19-21-23-27-24(25)26-22-20-18-16-10-8-6-4-2/h3-23H2,1-2H3. The average molecular weight is 385 g/mol. The lowest BCUT2D eigenvalue weighted by Crippen LogP contribution is -2.09. The number of unbranched alkanes of at least 4 members (excludes halogenated alkanes) is 17. The monoisotopic (exact) mass is 384 g/mol. The van der Waals surface area contributed by atoms with E-state index >= 15 is 0 Å². The van der Waals surface area contributed by atoms with Crippen LogP contribution in [-0.4, -0.2) is 19.4 Å². The van der Waals surface area contributed by atoms with Crippen LogP contribution in [-0.2, 0) is 9.47 Å². The molecule has 27 heavy (non-hydrogen) atoms. The Morgan fingerprint density at radius 3 is 1.00 bits per heavy atom. The molecule has 0 aromatic heterocycles. The Morgan fingerprint density at radius 1 is 0.444 bits per heavy atom. The molecule has 0 bridgehead atoms. The van der Waals surface area contributed by atoms with E-state index in [0.717, 1.165) is 25.7 Å². The lowest BCUT2D eigenvalue weighted by atomic mass is 10.1. The van der Waals surface area contributed by atoms with Gasteiger partial charge in [0.2, 0.25) is 0 Å². The van der Waals surface area contributed by atoms with Crippen LogP contribution in [0.15, 0.2) is 0 Å². The molecular formula is C24H48O3. The molecule has 0 aliphatic carbocycles. The van der Waals surface area contributed by atoms with Crippen LogP contribution in [0.4, 0.5) is 4.79 Å². The van der Waals surface area contributed by atoms with Crippen molar-refractivity contribution in [3.05, 3.63) is 0 Å². The maximum absolute atomic E-state index is 11.5. The highest BCUT2D eigenvalue weighted by atomic mass is 16.7. The topological polar surface area (TPSA) is 35.5 Å². The number of carbonyl (C=O) groups is 1. The second-order valence-corrected chi connectivity index (χ2v) is 7.96. The van der Waals surface area contributed by atoms with Crippen molar-refractivity contribution in [2.75, 3.05) is 13.2 Å². The Hall–Kier alpha value is -0.730. The fraction of sp³-hybridized carbons (Fsp3) is 0.958. The van der Waals surface area contributed by atoms with Crippen molar-refractivity contribution in [1.29, 1.82) is 0 Å². The number of hydrogen-bond donors (Lipinski definition) is 0. The molecule has 0 aromatic carbocycles. The first-order chi connectivity index (χ1) is 13.3. The Labute approximate surface area is 170 Å². The third-order valence-electron chi connectivity index (χ3n) is 5.19. The van der Waals surface area contributed by atoms with Crippen LogP contribution >= 0.6 is 0 Å². The molecular weight excluding hydrogens is 336 g/mol. The van der Waals surface area contributed by atoms with Crippen LogP contribution in [0.25, 0.3) is 0 Å². The van der Waals surface area contributed by atoms with Crippen molar-refractivity contribution in [3.8, 4) is 0 Å². The fourth-order valence-electron chi connectivity index (χ4n) is 3.35. The smallest absolute Gasteiger partial charge is 0.434 e. The Morgan fingerprint density at radius 2 is 0.704 bits per heavy atom. The summed E-state index contributed by atoms with van der Waals surface area (Å²) in [4.78, 5) is 11.5. The minimum Gasteiger partial charge on any atom is -0.434 e.